The maximum Gasteiger partial charge on any atom is 0.224 e. The quantitative estimate of drug-likeness (QED) is 0.859. The molecule has 0 radical (unpaired) electrons. The highest BCUT2D eigenvalue weighted by Crippen LogP contribution is 2.17. The summed E-state index contributed by atoms with van der Waals surface area (Å²) in [5.74, 6) is 2.09. The Morgan fingerprint density at radius 3 is 3.10 bits per heavy atom. The Hall–Kier alpha value is -1.55. The molecular weight excluding hydrogens is 252 g/mol. The predicted molar refractivity (Wildman–Crippen MR) is 79.8 cm³/mol. The average Bonchev–Trinajstić information content (AvgIpc) is 2.46. The molecule has 1 heterocycles. The molecule has 0 saturated carbocycles. The van der Waals surface area contributed by atoms with Crippen LogP contribution in [0.5, 0.6) is 5.75 Å². The van der Waals surface area contributed by atoms with Gasteiger partial charge in [-0.15, -0.1) is 0 Å². The van der Waals surface area contributed by atoms with E-state index < -0.39 is 0 Å². The monoisotopic (exact) mass is 276 g/mol. The van der Waals surface area contributed by atoms with Crippen LogP contribution in [0.2, 0.25) is 0 Å². The van der Waals surface area contributed by atoms with Crippen LogP contribution in [0.25, 0.3) is 0 Å². The Morgan fingerprint density at radius 1 is 1.50 bits per heavy atom. The van der Waals surface area contributed by atoms with Crippen LogP contribution < -0.4 is 15.4 Å². The lowest BCUT2D eigenvalue weighted by atomic mass is 9.88. The third-order valence-corrected chi connectivity index (χ3v) is 4.05. The molecule has 1 saturated heterocycles. The van der Waals surface area contributed by atoms with E-state index in [-0.39, 0.29) is 5.91 Å². The van der Waals surface area contributed by atoms with Crippen molar-refractivity contribution >= 4 is 5.91 Å². The summed E-state index contributed by atoms with van der Waals surface area (Å²) >= 11 is 0. The average molecular weight is 276 g/mol. The Balaban J connectivity index is 1.79. The lowest BCUT2D eigenvalue weighted by molar-refractivity contribution is -0.120. The molecule has 0 bridgehead atoms. The number of ether oxygens (including phenoxy) is 1. The maximum absolute atomic E-state index is 12.0. The fourth-order valence-electron chi connectivity index (χ4n) is 2.60. The second kappa shape index (κ2) is 7.29. The molecular formula is C16H24N2O2. The first kappa shape index (κ1) is 14.9. The van der Waals surface area contributed by atoms with E-state index in [0.717, 1.165) is 30.9 Å². The van der Waals surface area contributed by atoms with Gasteiger partial charge in [0, 0.05) is 6.54 Å². The van der Waals surface area contributed by atoms with E-state index in [1.807, 2.05) is 24.3 Å². The van der Waals surface area contributed by atoms with Crippen molar-refractivity contribution in [2.24, 2.45) is 11.8 Å². The SMILES string of the molecule is COc1cccc(CC(=O)NCC2CNCCC2C)c1. The van der Waals surface area contributed by atoms with Crippen LogP contribution in [-0.4, -0.2) is 32.7 Å². The van der Waals surface area contributed by atoms with Gasteiger partial charge in [0.1, 0.15) is 5.75 Å². The van der Waals surface area contributed by atoms with Gasteiger partial charge in [-0.1, -0.05) is 19.1 Å². The molecule has 2 rings (SSSR count). The van der Waals surface area contributed by atoms with Crippen LogP contribution in [-0.2, 0) is 11.2 Å². The molecule has 2 N–H and O–H groups in total. The summed E-state index contributed by atoms with van der Waals surface area (Å²) in [6, 6.07) is 7.66. The Morgan fingerprint density at radius 2 is 2.35 bits per heavy atom. The van der Waals surface area contributed by atoms with Gasteiger partial charge in [0.25, 0.3) is 0 Å². The number of carbonyl (C=O) groups is 1. The largest absolute Gasteiger partial charge is 0.497 e. The first-order chi connectivity index (χ1) is 9.69. The standard InChI is InChI=1S/C16H24N2O2/c1-12-6-7-17-10-14(12)11-18-16(19)9-13-4-3-5-15(8-13)20-2/h3-5,8,12,14,17H,6-7,9-11H2,1-2H3,(H,18,19). The molecule has 20 heavy (non-hydrogen) atoms. The van der Waals surface area contributed by atoms with Crippen LogP contribution in [0, 0.1) is 11.8 Å². The summed E-state index contributed by atoms with van der Waals surface area (Å²) in [5.41, 5.74) is 0.983. The molecule has 1 amide bonds. The number of methoxy groups -OCH3 is 1. The van der Waals surface area contributed by atoms with Crippen molar-refractivity contribution in [3.8, 4) is 5.75 Å². The summed E-state index contributed by atoms with van der Waals surface area (Å²) in [5, 5.41) is 6.43. The predicted octanol–water partition coefficient (Wildman–Crippen LogP) is 1.60. The first-order valence-electron chi connectivity index (χ1n) is 7.29. The van der Waals surface area contributed by atoms with Crippen molar-refractivity contribution in [3.05, 3.63) is 29.8 Å². The van der Waals surface area contributed by atoms with E-state index in [1.54, 1.807) is 7.11 Å². The Bertz CT molecular complexity index is 448. The van der Waals surface area contributed by atoms with Crippen LogP contribution in [0.1, 0.15) is 18.9 Å². The molecule has 1 aliphatic rings. The number of carbonyl (C=O) groups excluding carboxylic acids is 1. The summed E-state index contributed by atoms with van der Waals surface area (Å²) in [7, 11) is 1.64. The zero-order valence-corrected chi connectivity index (χ0v) is 12.3. The van der Waals surface area contributed by atoms with Gasteiger partial charge in [-0.25, -0.2) is 0 Å². The van der Waals surface area contributed by atoms with E-state index in [0.29, 0.717) is 18.3 Å². The van der Waals surface area contributed by atoms with Crippen molar-refractivity contribution in [2.75, 3.05) is 26.7 Å². The minimum Gasteiger partial charge on any atom is -0.497 e. The Labute approximate surface area is 120 Å². The van der Waals surface area contributed by atoms with Gasteiger partial charge in [-0.2, -0.15) is 0 Å². The second-order valence-electron chi connectivity index (χ2n) is 5.56. The summed E-state index contributed by atoms with van der Waals surface area (Å²) < 4.78 is 5.17. The molecule has 4 nitrogen and oxygen atoms in total. The molecule has 4 heteroatoms. The fraction of sp³-hybridized carbons (Fsp3) is 0.562. The number of nitrogens with one attached hydrogen (secondary N) is 2. The fourth-order valence-corrected chi connectivity index (χ4v) is 2.60. The highest BCUT2D eigenvalue weighted by Gasteiger charge is 2.21. The number of hydrogen-bond donors (Lipinski definition) is 2. The van der Waals surface area contributed by atoms with Crippen molar-refractivity contribution in [1.82, 2.24) is 10.6 Å². The van der Waals surface area contributed by atoms with E-state index in [1.165, 1.54) is 6.42 Å². The zero-order valence-electron chi connectivity index (χ0n) is 12.3. The summed E-state index contributed by atoms with van der Waals surface area (Å²) in [6.45, 7) is 5.12. The zero-order chi connectivity index (χ0) is 14.4. The molecule has 110 valence electrons. The molecule has 0 spiro atoms. The lowest BCUT2D eigenvalue weighted by Gasteiger charge is -2.29. The topological polar surface area (TPSA) is 50.4 Å². The molecule has 2 unspecified atom stereocenters. The van der Waals surface area contributed by atoms with Crippen molar-refractivity contribution in [2.45, 2.75) is 19.8 Å². The van der Waals surface area contributed by atoms with Crippen molar-refractivity contribution in [3.63, 3.8) is 0 Å². The van der Waals surface area contributed by atoms with Crippen LogP contribution in [0.4, 0.5) is 0 Å². The Kier molecular flexibility index (Phi) is 5.41. The smallest absolute Gasteiger partial charge is 0.224 e. The molecule has 2 atom stereocenters. The van der Waals surface area contributed by atoms with Crippen LogP contribution in [0.3, 0.4) is 0 Å². The van der Waals surface area contributed by atoms with Crippen molar-refractivity contribution < 1.29 is 9.53 Å². The third-order valence-electron chi connectivity index (χ3n) is 4.05. The molecule has 1 aliphatic heterocycles. The minimum absolute atomic E-state index is 0.0797. The van der Waals surface area contributed by atoms with Crippen LogP contribution >= 0.6 is 0 Å². The van der Waals surface area contributed by atoms with Gasteiger partial charge in [0.05, 0.1) is 13.5 Å². The first-order valence-corrected chi connectivity index (χ1v) is 7.29. The van der Waals surface area contributed by atoms with E-state index >= 15 is 0 Å². The molecule has 0 aliphatic carbocycles. The number of piperidine rings is 1. The van der Waals surface area contributed by atoms with E-state index in [9.17, 15) is 4.79 Å². The van der Waals surface area contributed by atoms with Gasteiger partial charge >= 0.3 is 0 Å². The second-order valence-corrected chi connectivity index (χ2v) is 5.56. The molecule has 1 fully saturated rings. The van der Waals surface area contributed by atoms with Gasteiger partial charge in [0.15, 0.2) is 0 Å². The van der Waals surface area contributed by atoms with Crippen LogP contribution in [0.15, 0.2) is 24.3 Å². The molecule has 0 aromatic heterocycles. The lowest BCUT2D eigenvalue weighted by Crippen LogP contribution is -2.42. The highest BCUT2D eigenvalue weighted by molar-refractivity contribution is 5.78. The van der Waals surface area contributed by atoms with E-state index in [2.05, 4.69) is 17.6 Å². The minimum atomic E-state index is 0.0797. The van der Waals surface area contributed by atoms with Crippen molar-refractivity contribution in [1.29, 1.82) is 0 Å². The third kappa shape index (κ3) is 4.23. The number of amides is 1. The number of rotatable bonds is 5. The number of hydrogen-bond acceptors (Lipinski definition) is 3. The maximum atomic E-state index is 12.0. The van der Waals surface area contributed by atoms with Gasteiger partial charge in [-0.3, -0.25) is 4.79 Å². The van der Waals surface area contributed by atoms with E-state index in [4.69, 9.17) is 4.74 Å². The number of benzene rings is 1. The van der Waals surface area contributed by atoms with Gasteiger partial charge in [-0.05, 0) is 49.0 Å². The summed E-state index contributed by atoms with van der Waals surface area (Å²) in [4.78, 5) is 12.0. The van der Waals surface area contributed by atoms with Gasteiger partial charge < -0.3 is 15.4 Å². The summed E-state index contributed by atoms with van der Waals surface area (Å²) in [6.07, 6.45) is 1.60. The molecule has 1 aromatic rings. The normalized spacial score (nSPS) is 22.3. The highest BCUT2D eigenvalue weighted by atomic mass is 16.5. The molecule has 1 aromatic carbocycles. The van der Waals surface area contributed by atoms with Gasteiger partial charge in [0.2, 0.25) is 5.91 Å².